The van der Waals surface area contributed by atoms with Gasteiger partial charge >= 0.3 is 11.9 Å². The summed E-state index contributed by atoms with van der Waals surface area (Å²) >= 11 is 0. The van der Waals surface area contributed by atoms with Gasteiger partial charge in [-0.3, -0.25) is 38.6 Å². The second-order valence-electron chi connectivity index (χ2n) is 14.9. The molecule has 0 fully saturated rings. The van der Waals surface area contributed by atoms with Gasteiger partial charge in [-0.05, 0) is 79.3 Å². The van der Waals surface area contributed by atoms with Crippen LogP contribution in [0.15, 0.2) is 77.8 Å². The summed E-state index contributed by atoms with van der Waals surface area (Å²) < 4.78 is 0. The number of phenolic OH excluding ortho intramolecular Hbond substituents is 3. The molecule has 6 amide bonds. The van der Waals surface area contributed by atoms with Crippen molar-refractivity contribution < 1.29 is 63.9 Å². The summed E-state index contributed by atoms with van der Waals surface area (Å²) in [5, 5.41) is 62.3. The molecule has 0 aliphatic carbocycles. The number of aliphatic imine (C=N–C) groups is 1. The summed E-state index contributed by atoms with van der Waals surface area (Å²) in [7, 11) is 0. The van der Waals surface area contributed by atoms with Crippen LogP contribution in [0.4, 0.5) is 0 Å². The minimum Gasteiger partial charge on any atom is -0.508 e. The van der Waals surface area contributed by atoms with Crippen molar-refractivity contribution in [2.75, 3.05) is 13.1 Å². The van der Waals surface area contributed by atoms with Crippen LogP contribution in [0.25, 0.3) is 0 Å². The third-order valence-corrected chi connectivity index (χ3v) is 9.51. The van der Waals surface area contributed by atoms with Crippen molar-refractivity contribution in [2.45, 2.75) is 81.7 Å². The Morgan fingerprint density at radius 3 is 1.51 bits per heavy atom. The molecule has 23 heteroatoms. The van der Waals surface area contributed by atoms with Gasteiger partial charge in [0.2, 0.25) is 35.4 Å². The van der Waals surface area contributed by atoms with Crippen molar-refractivity contribution in [3.05, 3.63) is 89.5 Å². The van der Waals surface area contributed by atoms with Crippen LogP contribution in [0.2, 0.25) is 0 Å². The monoisotopic (exact) mass is 906 g/mol. The van der Waals surface area contributed by atoms with Gasteiger partial charge in [0.1, 0.15) is 47.5 Å². The first-order chi connectivity index (χ1) is 30.7. The first kappa shape index (κ1) is 51.4. The lowest BCUT2D eigenvalue weighted by Crippen LogP contribution is -2.59. The summed E-state index contributed by atoms with van der Waals surface area (Å²) in [4.78, 5) is 107. The molecule has 65 heavy (non-hydrogen) atoms. The number of benzene rings is 3. The number of aliphatic carboxylic acids is 2. The number of carbonyl (C=O) groups excluding carboxylic acids is 6. The topological polar surface area (TPSA) is 400 Å². The highest BCUT2D eigenvalue weighted by atomic mass is 16.4. The van der Waals surface area contributed by atoms with Crippen molar-refractivity contribution in [3.63, 3.8) is 0 Å². The van der Waals surface area contributed by atoms with E-state index in [0.717, 1.165) is 0 Å². The van der Waals surface area contributed by atoms with Crippen molar-refractivity contribution in [1.29, 1.82) is 0 Å². The second kappa shape index (κ2) is 25.2. The molecule has 0 aromatic heterocycles. The van der Waals surface area contributed by atoms with Gasteiger partial charge in [0.25, 0.3) is 0 Å². The van der Waals surface area contributed by atoms with Gasteiger partial charge in [-0.2, -0.15) is 0 Å². The highest BCUT2D eigenvalue weighted by Gasteiger charge is 2.32. The Labute approximate surface area is 372 Å². The predicted molar refractivity (Wildman–Crippen MR) is 232 cm³/mol. The van der Waals surface area contributed by atoms with Crippen molar-refractivity contribution in [3.8, 4) is 17.2 Å². The number of nitrogens with zero attached hydrogens (tertiary/aromatic N) is 1. The lowest BCUT2D eigenvalue weighted by Gasteiger charge is -2.26. The fourth-order valence-electron chi connectivity index (χ4n) is 6.05. The molecule has 0 saturated heterocycles. The molecular weight excluding hydrogens is 853 g/mol. The number of carboxylic acids is 2. The number of aromatic hydroxyl groups is 3. The SMILES string of the molecule is C[C@H](NC(=O)CNC(=O)[C@H](CC(=O)O)NC(=O)[C@H](Cc1ccc(O)cc1)NC(=O)[C@H](CCCN=C(N)N)NC(=O)[C@@H](N)Cc1ccc(O)cc1)C(=O)N[C@@H](Cc1ccc(O)cc1)C(=O)O. The molecule has 3 aromatic rings. The average molecular weight is 907 g/mol. The molecule has 23 nitrogen and oxygen atoms in total. The van der Waals surface area contributed by atoms with E-state index in [1.54, 1.807) is 12.1 Å². The fourth-order valence-corrected chi connectivity index (χ4v) is 6.05. The van der Waals surface area contributed by atoms with Gasteiger partial charge in [-0.15, -0.1) is 0 Å². The van der Waals surface area contributed by atoms with E-state index in [2.05, 4.69) is 36.9 Å². The standard InChI is InChI=1S/C42H54N10O13/c1-22(36(59)52-33(41(64)65)19-25-8-14-28(55)15-9-25)48-34(56)21-47-38(61)32(20-35(57)58)51-40(63)31(18-24-6-12-27(54)13-7-24)50-39(62)30(3-2-16-46-42(44)45)49-37(60)29(43)17-23-4-10-26(53)11-5-23/h4-15,22,29-33,53-55H,2-3,16-21,43H2,1H3,(H,47,61)(H,48,56)(H,49,60)(H,50,62)(H,51,63)(H,52,59)(H,57,58)(H,64,65)(H4,44,45,46)/t22-,29-,30-,31-,32-,33-/m0/s1. The number of carboxylic acid groups (broad SMARTS) is 2. The van der Waals surface area contributed by atoms with E-state index >= 15 is 0 Å². The Kier molecular flexibility index (Phi) is 20.0. The number of carbonyl (C=O) groups is 8. The van der Waals surface area contributed by atoms with E-state index < -0.39 is 96.6 Å². The van der Waals surface area contributed by atoms with E-state index in [0.29, 0.717) is 16.7 Å². The Balaban J connectivity index is 1.73. The first-order valence-corrected chi connectivity index (χ1v) is 20.1. The van der Waals surface area contributed by atoms with Crippen LogP contribution in [0.1, 0.15) is 42.9 Å². The van der Waals surface area contributed by atoms with E-state index in [-0.39, 0.29) is 61.9 Å². The number of hydrogen-bond acceptors (Lipinski definition) is 13. The first-order valence-electron chi connectivity index (χ1n) is 20.1. The largest absolute Gasteiger partial charge is 0.508 e. The highest BCUT2D eigenvalue weighted by Crippen LogP contribution is 2.15. The van der Waals surface area contributed by atoms with Gasteiger partial charge in [0.15, 0.2) is 5.96 Å². The Morgan fingerprint density at radius 2 is 1.02 bits per heavy atom. The molecule has 0 heterocycles. The zero-order valence-corrected chi connectivity index (χ0v) is 35.2. The molecule has 0 bridgehead atoms. The molecule has 17 N–H and O–H groups in total. The van der Waals surface area contributed by atoms with Gasteiger partial charge in [-0.25, -0.2) is 4.79 Å². The van der Waals surface area contributed by atoms with Crippen LogP contribution in [-0.2, 0) is 57.6 Å². The molecule has 3 rings (SSSR count). The maximum Gasteiger partial charge on any atom is 0.326 e. The van der Waals surface area contributed by atoms with E-state index in [1.165, 1.54) is 67.6 Å². The quantitative estimate of drug-likeness (QED) is 0.0234. The molecule has 3 aromatic carbocycles. The molecule has 0 aliphatic heterocycles. The molecule has 0 radical (unpaired) electrons. The molecule has 0 saturated carbocycles. The Bertz CT molecular complexity index is 2170. The molecule has 0 aliphatic rings. The minimum absolute atomic E-state index is 0.000597. The highest BCUT2D eigenvalue weighted by molar-refractivity contribution is 5.97. The van der Waals surface area contributed by atoms with E-state index in [9.17, 15) is 63.9 Å². The maximum absolute atomic E-state index is 13.9. The number of nitrogens with two attached hydrogens (primary N) is 3. The maximum atomic E-state index is 13.9. The van der Waals surface area contributed by atoms with Crippen molar-refractivity contribution in [1.82, 2.24) is 31.9 Å². The predicted octanol–water partition coefficient (Wildman–Crippen LogP) is -2.67. The smallest absolute Gasteiger partial charge is 0.326 e. The summed E-state index contributed by atoms with van der Waals surface area (Å²) in [6, 6.07) is 8.52. The van der Waals surface area contributed by atoms with Crippen LogP contribution in [0.3, 0.4) is 0 Å². The van der Waals surface area contributed by atoms with E-state index in [4.69, 9.17) is 17.2 Å². The number of guanidine groups is 1. The molecule has 350 valence electrons. The van der Waals surface area contributed by atoms with Crippen LogP contribution in [0, 0.1) is 0 Å². The lowest BCUT2D eigenvalue weighted by atomic mass is 10.0. The Hall–Kier alpha value is -7.95. The van der Waals surface area contributed by atoms with Crippen molar-refractivity contribution in [2.24, 2.45) is 22.2 Å². The van der Waals surface area contributed by atoms with Crippen LogP contribution in [-0.4, -0.2) is 128 Å². The third-order valence-electron chi connectivity index (χ3n) is 9.51. The molecule has 0 spiro atoms. The van der Waals surface area contributed by atoms with Crippen molar-refractivity contribution >= 4 is 53.3 Å². The third kappa shape index (κ3) is 18.5. The zero-order valence-electron chi connectivity index (χ0n) is 35.2. The summed E-state index contributed by atoms with van der Waals surface area (Å²) in [5.74, 6) is -8.95. The van der Waals surface area contributed by atoms with Crippen LogP contribution >= 0.6 is 0 Å². The normalized spacial score (nSPS) is 13.5. The zero-order chi connectivity index (χ0) is 48.2. The van der Waals surface area contributed by atoms with Crippen LogP contribution < -0.4 is 49.1 Å². The molecule has 0 unspecified atom stereocenters. The van der Waals surface area contributed by atoms with Crippen LogP contribution in [0.5, 0.6) is 17.2 Å². The molecular formula is C42H54N10O13. The number of nitrogens with one attached hydrogen (secondary N) is 6. The fraction of sp³-hybridized carbons (Fsp3) is 0.357. The van der Waals surface area contributed by atoms with Gasteiger partial charge in [0.05, 0.1) is 19.0 Å². The van der Waals surface area contributed by atoms with Gasteiger partial charge in [0, 0.05) is 19.4 Å². The van der Waals surface area contributed by atoms with Gasteiger partial charge < -0.3 is 74.6 Å². The van der Waals surface area contributed by atoms with E-state index in [1.807, 2.05) is 0 Å². The lowest BCUT2D eigenvalue weighted by molar-refractivity contribution is -0.142. The number of phenols is 3. The molecule has 6 atom stereocenters. The average Bonchev–Trinajstić information content (AvgIpc) is 3.24. The summed E-state index contributed by atoms with van der Waals surface area (Å²) in [6.07, 6.45) is -1.27. The number of hydrogen-bond donors (Lipinski definition) is 14. The summed E-state index contributed by atoms with van der Waals surface area (Å²) in [5.41, 5.74) is 18.5. The van der Waals surface area contributed by atoms with Gasteiger partial charge in [-0.1, -0.05) is 36.4 Å². The Morgan fingerprint density at radius 1 is 0.569 bits per heavy atom. The minimum atomic E-state index is -1.82. The number of rotatable bonds is 25. The summed E-state index contributed by atoms with van der Waals surface area (Å²) in [6.45, 7) is 0.487. The number of amides is 6. The second-order valence-corrected chi connectivity index (χ2v) is 14.9.